The minimum Gasteiger partial charge on any atom is -0.326 e. The molecule has 2 aromatic carbocycles. The van der Waals surface area contributed by atoms with Crippen molar-refractivity contribution < 1.29 is 4.79 Å². The van der Waals surface area contributed by atoms with Gasteiger partial charge in [-0.1, -0.05) is 35.9 Å². The quantitative estimate of drug-likeness (QED) is 0.852. The lowest BCUT2D eigenvalue weighted by Crippen LogP contribution is -2.32. The number of amides is 1. The smallest absolute Gasteiger partial charge is 0.228 e. The lowest BCUT2D eigenvalue weighted by atomic mass is 10.0. The number of benzene rings is 2. The third kappa shape index (κ3) is 4.89. The van der Waals surface area contributed by atoms with Gasteiger partial charge in [0.05, 0.1) is 6.42 Å². The molecule has 1 fully saturated rings. The number of nitrogens with one attached hydrogen (secondary N) is 1. The number of anilines is 1. The van der Waals surface area contributed by atoms with Crippen LogP contribution in [0.1, 0.15) is 27.8 Å². The van der Waals surface area contributed by atoms with Gasteiger partial charge in [0.2, 0.25) is 5.91 Å². The molecule has 0 spiro atoms. The van der Waals surface area contributed by atoms with Crippen molar-refractivity contribution in [2.24, 2.45) is 0 Å². The highest BCUT2D eigenvalue weighted by Crippen LogP contribution is 2.22. The maximum atomic E-state index is 12.6. The van der Waals surface area contributed by atoms with E-state index in [1.807, 2.05) is 17.8 Å². The van der Waals surface area contributed by atoms with Crippen molar-refractivity contribution in [3.05, 3.63) is 64.2 Å². The van der Waals surface area contributed by atoms with Crippen LogP contribution in [0.25, 0.3) is 0 Å². The Hall–Kier alpha value is -1.78. The summed E-state index contributed by atoms with van der Waals surface area (Å²) in [6.07, 6.45) is 0.417. The van der Waals surface area contributed by atoms with Crippen LogP contribution in [-0.2, 0) is 17.8 Å². The van der Waals surface area contributed by atoms with Gasteiger partial charge in [0, 0.05) is 36.8 Å². The molecule has 1 amide bonds. The molecule has 0 aromatic heterocycles. The molecule has 2 aromatic rings. The molecule has 0 atom stereocenters. The van der Waals surface area contributed by atoms with Gasteiger partial charge in [0.1, 0.15) is 0 Å². The zero-order valence-corrected chi connectivity index (χ0v) is 16.8. The Kier molecular flexibility index (Phi) is 6.38. The van der Waals surface area contributed by atoms with E-state index < -0.39 is 0 Å². The van der Waals surface area contributed by atoms with E-state index in [2.05, 4.69) is 61.3 Å². The van der Waals surface area contributed by atoms with Gasteiger partial charge in [-0.25, -0.2) is 0 Å². The van der Waals surface area contributed by atoms with Gasteiger partial charge >= 0.3 is 0 Å². The molecule has 4 heteroatoms. The summed E-state index contributed by atoms with van der Waals surface area (Å²) in [5.41, 5.74) is 6.88. The third-order valence-electron chi connectivity index (χ3n) is 5.07. The number of nitrogens with zero attached hydrogens (tertiary/aromatic N) is 1. The monoisotopic (exact) mass is 368 g/mol. The van der Waals surface area contributed by atoms with E-state index in [1.165, 1.54) is 33.8 Å². The second-order valence-electron chi connectivity index (χ2n) is 7.13. The maximum Gasteiger partial charge on any atom is 0.228 e. The van der Waals surface area contributed by atoms with Gasteiger partial charge in [-0.05, 0) is 49.1 Å². The summed E-state index contributed by atoms with van der Waals surface area (Å²) in [4.78, 5) is 15.1. The van der Waals surface area contributed by atoms with Crippen molar-refractivity contribution in [3.63, 3.8) is 0 Å². The van der Waals surface area contributed by atoms with Crippen LogP contribution in [0.4, 0.5) is 5.69 Å². The highest BCUT2D eigenvalue weighted by molar-refractivity contribution is 7.99. The van der Waals surface area contributed by atoms with Crippen molar-refractivity contribution in [1.29, 1.82) is 0 Å². The number of carbonyl (C=O) groups is 1. The molecule has 1 saturated heterocycles. The lowest BCUT2D eigenvalue weighted by molar-refractivity contribution is -0.115. The summed E-state index contributed by atoms with van der Waals surface area (Å²) in [5.74, 6) is 2.48. The van der Waals surface area contributed by atoms with Crippen LogP contribution in [0.2, 0.25) is 0 Å². The summed E-state index contributed by atoms with van der Waals surface area (Å²) in [5, 5.41) is 3.12. The van der Waals surface area contributed by atoms with Crippen LogP contribution >= 0.6 is 11.8 Å². The lowest BCUT2D eigenvalue weighted by Gasteiger charge is -2.27. The summed E-state index contributed by atoms with van der Waals surface area (Å²) < 4.78 is 0. The standard InChI is InChI=1S/C22H28N2OS/c1-16-7-8-17(2)20(13-16)14-22(25)23-21-6-4-5-19(18(21)3)15-24-9-11-26-12-10-24/h4-8,13H,9-12,14-15H2,1-3H3,(H,23,25). The Bertz CT molecular complexity index is 782. The number of hydrogen-bond donors (Lipinski definition) is 1. The molecule has 3 nitrogen and oxygen atoms in total. The first-order chi connectivity index (χ1) is 12.5. The van der Waals surface area contributed by atoms with Crippen molar-refractivity contribution in [2.45, 2.75) is 33.7 Å². The first-order valence-electron chi connectivity index (χ1n) is 9.27. The Morgan fingerprint density at radius 3 is 2.62 bits per heavy atom. The maximum absolute atomic E-state index is 12.6. The van der Waals surface area contributed by atoms with E-state index in [0.717, 1.165) is 30.9 Å². The van der Waals surface area contributed by atoms with E-state index in [4.69, 9.17) is 0 Å². The number of hydrogen-bond acceptors (Lipinski definition) is 3. The van der Waals surface area contributed by atoms with Gasteiger partial charge in [0.15, 0.2) is 0 Å². The Morgan fingerprint density at radius 1 is 1.08 bits per heavy atom. The van der Waals surface area contributed by atoms with Crippen LogP contribution < -0.4 is 5.32 Å². The molecule has 0 unspecified atom stereocenters. The third-order valence-corrected chi connectivity index (χ3v) is 6.02. The minimum atomic E-state index is 0.0494. The SMILES string of the molecule is Cc1ccc(C)c(CC(=O)Nc2cccc(CN3CCSCC3)c2C)c1. The molecule has 1 aliphatic heterocycles. The van der Waals surface area contributed by atoms with Gasteiger partial charge in [0.25, 0.3) is 0 Å². The minimum absolute atomic E-state index is 0.0494. The van der Waals surface area contributed by atoms with Gasteiger partial charge < -0.3 is 5.32 Å². The normalized spacial score (nSPS) is 15.0. The van der Waals surface area contributed by atoms with E-state index in [0.29, 0.717) is 6.42 Å². The fourth-order valence-electron chi connectivity index (χ4n) is 3.35. The number of thioether (sulfide) groups is 1. The van der Waals surface area contributed by atoms with E-state index in [-0.39, 0.29) is 5.91 Å². The molecule has 1 aliphatic rings. The van der Waals surface area contributed by atoms with Gasteiger partial charge in [-0.3, -0.25) is 9.69 Å². The molecular weight excluding hydrogens is 340 g/mol. The van der Waals surface area contributed by atoms with E-state index in [1.54, 1.807) is 0 Å². The van der Waals surface area contributed by atoms with Gasteiger partial charge in [-0.15, -0.1) is 0 Å². The second-order valence-corrected chi connectivity index (χ2v) is 8.36. The van der Waals surface area contributed by atoms with E-state index >= 15 is 0 Å². The van der Waals surface area contributed by atoms with Crippen molar-refractivity contribution in [1.82, 2.24) is 4.90 Å². The van der Waals surface area contributed by atoms with Crippen LogP contribution in [0.15, 0.2) is 36.4 Å². The molecule has 0 radical (unpaired) electrons. The van der Waals surface area contributed by atoms with Crippen LogP contribution in [0, 0.1) is 20.8 Å². The first kappa shape index (κ1) is 19.0. The average Bonchev–Trinajstić information content (AvgIpc) is 2.62. The average molecular weight is 369 g/mol. The molecule has 1 heterocycles. The molecule has 1 N–H and O–H groups in total. The van der Waals surface area contributed by atoms with Crippen LogP contribution in [-0.4, -0.2) is 35.4 Å². The highest BCUT2D eigenvalue weighted by Gasteiger charge is 2.14. The van der Waals surface area contributed by atoms with Crippen molar-refractivity contribution in [2.75, 3.05) is 29.9 Å². The molecule has 138 valence electrons. The fraction of sp³-hybridized carbons (Fsp3) is 0.409. The largest absolute Gasteiger partial charge is 0.326 e. The first-order valence-corrected chi connectivity index (χ1v) is 10.4. The zero-order valence-electron chi connectivity index (χ0n) is 16.0. The zero-order chi connectivity index (χ0) is 18.5. The number of carbonyl (C=O) groups excluding carboxylic acids is 1. The van der Waals surface area contributed by atoms with Crippen molar-refractivity contribution in [3.8, 4) is 0 Å². The molecular formula is C22H28N2OS. The molecule has 0 aliphatic carbocycles. The molecule has 0 saturated carbocycles. The number of aryl methyl sites for hydroxylation is 2. The second kappa shape index (κ2) is 8.74. The molecule has 0 bridgehead atoms. The predicted octanol–water partition coefficient (Wildman–Crippen LogP) is 4.34. The van der Waals surface area contributed by atoms with E-state index in [9.17, 15) is 4.79 Å². The number of rotatable bonds is 5. The Morgan fingerprint density at radius 2 is 1.85 bits per heavy atom. The Balaban J connectivity index is 1.68. The van der Waals surface area contributed by atoms with Crippen molar-refractivity contribution >= 4 is 23.4 Å². The van der Waals surface area contributed by atoms with Gasteiger partial charge in [-0.2, -0.15) is 11.8 Å². The topological polar surface area (TPSA) is 32.3 Å². The summed E-state index contributed by atoms with van der Waals surface area (Å²) >= 11 is 2.03. The van der Waals surface area contributed by atoms with Crippen LogP contribution in [0.3, 0.4) is 0 Å². The molecule has 3 rings (SSSR count). The summed E-state index contributed by atoms with van der Waals surface area (Å²) in [7, 11) is 0. The fourth-order valence-corrected chi connectivity index (χ4v) is 4.33. The predicted molar refractivity (Wildman–Crippen MR) is 112 cm³/mol. The summed E-state index contributed by atoms with van der Waals surface area (Å²) in [6, 6.07) is 12.5. The Labute approximate surface area is 161 Å². The van der Waals surface area contributed by atoms with Crippen LogP contribution in [0.5, 0.6) is 0 Å². The highest BCUT2D eigenvalue weighted by atomic mass is 32.2. The summed E-state index contributed by atoms with van der Waals surface area (Å²) in [6.45, 7) is 9.49. The molecule has 26 heavy (non-hydrogen) atoms.